The lowest BCUT2D eigenvalue weighted by Crippen LogP contribution is -2.07. The van der Waals surface area contributed by atoms with E-state index in [9.17, 15) is 10.4 Å². The summed E-state index contributed by atoms with van der Waals surface area (Å²) < 4.78 is 18.4. The first kappa shape index (κ1) is 23.2. The Morgan fingerprint density at radius 2 is 1.91 bits per heavy atom. The molecule has 1 aromatic heterocycles. The van der Waals surface area contributed by atoms with Crippen molar-refractivity contribution in [3.8, 4) is 23.4 Å². The van der Waals surface area contributed by atoms with Crippen LogP contribution in [0.5, 0.6) is 17.4 Å². The number of aromatic hydroxyl groups is 1. The number of hydrogen-bond donors (Lipinski definition) is 1. The van der Waals surface area contributed by atoms with E-state index in [4.69, 9.17) is 26.4 Å². The topological polar surface area (TPSA) is 101 Å². The minimum absolute atomic E-state index is 0.00692. The summed E-state index contributed by atoms with van der Waals surface area (Å²) >= 11 is 6.65. The van der Waals surface area contributed by atoms with Gasteiger partial charge in [0.15, 0.2) is 3.95 Å². The number of ether oxygens (including phenoxy) is 3. The van der Waals surface area contributed by atoms with Gasteiger partial charge in [-0.1, -0.05) is 12.1 Å². The van der Waals surface area contributed by atoms with Crippen molar-refractivity contribution in [2.75, 3.05) is 13.7 Å². The molecule has 0 radical (unpaired) electrons. The van der Waals surface area contributed by atoms with E-state index in [1.54, 1.807) is 42.0 Å². The van der Waals surface area contributed by atoms with E-state index in [1.165, 1.54) is 11.3 Å². The first-order chi connectivity index (χ1) is 16.5. The number of methoxy groups -OCH3 is 1. The summed E-state index contributed by atoms with van der Waals surface area (Å²) in [5.41, 5.74) is 1.59. The van der Waals surface area contributed by atoms with Crippen LogP contribution >= 0.6 is 23.6 Å². The predicted molar refractivity (Wildman–Crippen MR) is 134 cm³/mol. The van der Waals surface area contributed by atoms with Gasteiger partial charge in [0.05, 0.1) is 30.8 Å². The minimum atomic E-state index is -0.00692. The minimum Gasteiger partial charge on any atom is -0.497 e. The van der Waals surface area contributed by atoms with Crippen LogP contribution in [0.1, 0.15) is 17.4 Å². The molecule has 2 aromatic carbocycles. The summed E-state index contributed by atoms with van der Waals surface area (Å²) in [6.45, 7) is 2.87. The van der Waals surface area contributed by atoms with Crippen molar-refractivity contribution in [2.45, 2.75) is 13.5 Å². The highest BCUT2D eigenvalue weighted by atomic mass is 32.1. The van der Waals surface area contributed by atoms with E-state index in [-0.39, 0.29) is 23.4 Å². The molecule has 34 heavy (non-hydrogen) atoms. The average molecular weight is 493 g/mol. The first-order valence-corrected chi connectivity index (χ1v) is 11.5. The lowest BCUT2D eigenvalue weighted by molar-refractivity contribution is 0.340. The van der Waals surface area contributed by atoms with Crippen LogP contribution in [-0.2, 0) is 11.3 Å². The van der Waals surface area contributed by atoms with Gasteiger partial charge in [0.2, 0.25) is 17.5 Å². The maximum atomic E-state index is 10.8. The molecule has 0 unspecified atom stereocenters. The lowest BCUT2D eigenvalue weighted by Gasteiger charge is -2.06. The van der Waals surface area contributed by atoms with Gasteiger partial charge in [0.25, 0.3) is 5.90 Å². The summed E-state index contributed by atoms with van der Waals surface area (Å²) in [5, 5.41) is 20.2. The fourth-order valence-corrected chi connectivity index (χ4v) is 4.34. The second kappa shape index (κ2) is 10.3. The molecule has 8 nitrogen and oxygen atoms in total. The molecule has 172 valence electrons. The molecular weight excluding hydrogens is 472 g/mol. The van der Waals surface area contributed by atoms with Crippen LogP contribution in [0.2, 0.25) is 0 Å². The molecule has 0 spiro atoms. The van der Waals surface area contributed by atoms with Gasteiger partial charge in [0.1, 0.15) is 17.6 Å². The fourth-order valence-electron chi connectivity index (χ4n) is 3.11. The van der Waals surface area contributed by atoms with Gasteiger partial charge in [-0.15, -0.1) is 11.3 Å². The van der Waals surface area contributed by atoms with Crippen molar-refractivity contribution in [3.63, 3.8) is 0 Å². The number of benzene rings is 2. The molecule has 0 aliphatic carbocycles. The number of nitrogens with zero attached hydrogens (tertiary/aromatic N) is 4. The third-order valence-corrected chi connectivity index (χ3v) is 6.14. The maximum Gasteiger partial charge on any atom is 0.258 e. The Morgan fingerprint density at radius 3 is 2.56 bits per heavy atom. The zero-order valence-electron chi connectivity index (χ0n) is 18.4. The van der Waals surface area contributed by atoms with Gasteiger partial charge in [0, 0.05) is 6.08 Å². The first-order valence-electron chi connectivity index (χ1n) is 10.3. The standard InChI is InChI=1S/C24H20N4O4S2/c1-3-31-18-10-6-16(7-11-18)26-22-19(13-25)27-21(32-22)12-20-23(29)28(24(33)34-20)14-15-4-8-17(30-2)9-5-15/h4-12,29H,3,14H2,1-2H3/b21-12+,26-22?. The number of nitriles is 1. The van der Waals surface area contributed by atoms with Crippen molar-refractivity contribution in [1.82, 2.24) is 4.57 Å². The number of aliphatic imine (C=N–C) groups is 2. The molecule has 0 fully saturated rings. The summed E-state index contributed by atoms with van der Waals surface area (Å²) in [4.78, 5) is 9.02. The second-order valence-corrected chi connectivity index (χ2v) is 8.67. The van der Waals surface area contributed by atoms with E-state index in [1.807, 2.05) is 37.3 Å². The molecule has 10 heteroatoms. The van der Waals surface area contributed by atoms with E-state index in [0.29, 0.717) is 27.7 Å². The third-order valence-electron chi connectivity index (χ3n) is 4.76. The van der Waals surface area contributed by atoms with Crippen LogP contribution in [-0.4, -0.2) is 35.0 Å². The van der Waals surface area contributed by atoms with Gasteiger partial charge >= 0.3 is 0 Å². The molecule has 0 bridgehead atoms. The van der Waals surface area contributed by atoms with Crippen LogP contribution in [0.3, 0.4) is 0 Å². The molecule has 4 rings (SSSR count). The maximum absolute atomic E-state index is 10.8. The van der Waals surface area contributed by atoms with Gasteiger partial charge in [-0.25, -0.2) is 4.99 Å². The Kier molecular flexibility index (Phi) is 7.06. The molecular formula is C24H20N4O4S2. The third kappa shape index (κ3) is 5.17. The molecule has 2 heterocycles. The number of hydrogen-bond acceptors (Lipinski definition) is 9. The SMILES string of the molecule is CCOc1ccc(N=C2O/C(=C/c3sc(=S)n(Cc4ccc(OC)cc4)c3O)N=C2C#N)cc1. The summed E-state index contributed by atoms with van der Waals surface area (Å²) in [6.07, 6.45) is 1.54. The van der Waals surface area contributed by atoms with Crippen LogP contribution in [0.25, 0.3) is 6.08 Å². The van der Waals surface area contributed by atoms with Gasteiger partial charge in [-0.3, -0.25) is 4.57 Å². The number of thiazole rings is 1. The lowest BCUT2D eigenvalue weighted by atomic mass is 10.2. The second-order valence-electron chi connectivity index (χ2n) is 6.99. The average Bonchev–Trinajstić information content (AvgIpc) is 3.35. The van der Waals surface area contributed by atoms with E-state index in [2.05, 4.69) is 9.98 Å². The Balaban J connectivity index is 1.56. The number of aromatic nitrogens is 1. The monoisotopic (exact) mass is 492 g/mol. The van der Waals surface area contributed by atoms with Crippen molar-refractivity contribution in [3.05, 3.63) is 68.8 Å². The van der Waals surface area contributed by atoms with Gasteiger partial charge in [-0.2, -0.15) is 10.3 Å². The smallest absolute Gasteiger partial charge is 0.258 e. The van der Waals surface area contributed by atoms with Gasteiger partial charge < -0.3 is 19.3 Å². The molecule has 0 saturated heterocycles. The zero-order chi connectivity index (χ0) is 24.1. The van der Waals surface area contributed by atoms with Crippen LogP contribution in [0, 0.1) is 15.3 Å². The summed E-state index contributed by atoms with van der Waals surface area (Å²) in [6, 6.07) is 16.6. The van der Waals surface area contributed by atoms with Crippen molar-refractivity contribution >= 4 is 46.9 Å². The Bertz CT molecular complexity index is 1380. The van der Waals surface area contributed by atoms with Crippen molar-refractivity contribution in [2.24, 2.45) is 9.98 Å². The Morgan fingerprint density at radius 1 is 1.21 bits per heavy atom. The quantitative estimate of drug-likeness (QED) is 0.439. The normalized spacial score (nSPS) is 15.1. The summed E-state index contributed by atoms with van der Waals surface area (Å²) in [7, 11) is 1.61. The highest BCUT2D eigenvalue weighted by Gasteiger charge is 2.23. The molecule has 0 atom stereocenters. The molecule has 3 aromatic rings. The molecule has 0 amide bonds. The van der Waals surface area contributed by atoms with Crippen LogP contribution in [0.4, 0.5) is 5.69 Å². The Labute approximate surface area is 205 Å². The Hall–Kier alpha value is -3.94. The molecule has 1 aliphatic rings. The largest absolute Gasteiger partial charge is 0.497 e. The van der Waals surface area contributed by atoms with Crippen LogP contribution in [0.15, 0.2) is 64.4 Å². The highest BCUT2D eigenvalue weighted by Crippen LogP contribution is 2.31. The van der Waals surface area contributed by atoms with Gasteiger partial charge in [-0.05, 0) is 61.1 Å². The predicted octanol–water partition coefficient (Wildman–Crippen LogP) is 5.46. The van der Waals surface area contributed by atoms with Crippen molar-refractivity contribution in [1.29, 1.82) is 5.26 Å². The fraction of sp³-hybridized carbons (Fsp3) is 0.167. The van der Waals surface area contributed by atoms with E-state index < -0.39 is 0 Å². The zero-order valence-corrected chi connectivity index (χ0v) is 20.0. The van der Waals surface area contributed by atoms with E-state index in [0.717, 1.165) is 17.1 Å². The van der Waals surface area contributed by atoms with Crippen LogP contribution < -0.4 is 9.47 Å². The van der Waals surface area contributed by atoms with E-state index >= 15 is 0 Å². The number of rotatable bonds is 7. The molecule has 1 N–H and O–H groups in total. The van der Waals surface area contributed by atoms with Crippen molar-refractivity contribution < 1.29 is 19.3 Å². The highest BCUT2D eigenvalue weighted by molar-refractivity contribution is 7.73. The summed E-state index contributed by atoms with van der Waals surface area (Å²) in [5.74, 6) is 1.69. The molecule has 1 aliphatic heterocycles. The molecule has 0 saturated carbocycles.